The van der Waals surface area contributed by atoms with Crippen LogP contribution in [0, 0.1) is 6.92 Å². The Morgan fingerprint density at radius 3 is 2.69 bits per heavy atom. The molecule has 2 saturated heterocycles. The molecule has 0 spiro atoms. The number of hydrogen-bond donors (Lipinski definition) is 0. The molecule has 32 heavy (non-hydrogen) atoms. The summed E-state index contributed by atoms with van der Waals surface area (Å²) >= 11 is 0. The Morgan fingerprint density at radius 1 is 1.16 bits per heavy atom. The SMILES string of the molecule is Cc1ccc(-c2cc(C(F)(F)F)n3ncc(C(=O)CN4CCN5CCCC5C4)c3n2)cc1. The van der Waals surface area contributed by atoms with Crippen LogP contribution in [0.25, 0.3) is 16.9 Å². The molecular weight excluding hydrogens is 419 g/mol. The van der Waals surface area contributed by atoms with Crippen LogP contribution in [0.3, 0.4) is 0 Å². The lowest BCUT2D eigenvalue weighted by Crippen LogP contribution is -2.51. The van der Waals surface area contributed by atoms with E-state index in [2.05, 4.69) is 19.9 Å². The van der Waals surface area contributed by atoms with E-state index in [1.54, 1.807) is 12.1 Å². The van der Waals surface area contributed by atoms with Gasteiger partial charge in [-0.05, 0) is 32.4 Å². The number of Topliss-reactive ketones (excluding diaryl/α,β-unsaturated/α-hetero) is 1. The summed E-state index contributed by atoms with van der Waals surface area (Å²) in [5.41, 5.74) is 0.836. The van der Waals surface area contributed by atoms with Gasteiger partial charge in [-0.15, -0.1) is 0 Å². The Hall–Kier alpha value is -2.78. The maximum Gasteiger partial charge on any atom is 0.433 e. The summed E-state index contributed by atoms with van der Waals surface area (Å²) in [5.74, 6) is -0.256. The fourth-order valence-electron chi connectivity index (χ4n) is 4.72. The molecule has 0 amide bonds. The zero-order valence-corrected chi connectivity index (χ0v) is 17.8. The molecule has 0 aliphatic carbocycles. The van der Waals surface area contributed by atoms with Crippen molar-refractivity contribution >= 4 is 11.4 Å². The van der Waals surface area contributed by atoms with Crippen molar-refractivity contribution in [1.29, 1.82) is 0 Å². The molecule has 0 N–H and O–H groups in total. The van der Waals surface area contributed by atoms with E-state index < -0.39 is 11.9 Å². The van der Waals surface area contributed by atoms with Gasteiger partial charge in [0.2, 0.25) is 0 Å². The number of carbonyl (C=O) groups excluding carboxylic acids is 1. The topological polar surface area (TPSA) is 53.7 Å². The minimum atomic E-state index is -4.63. The van der Waals surface area contributed by atoms with E-state index in [9.17, 15) is 18.0 Å². The van der Waals surface area contributed by atoms with Gasteiger partial charge in [0, 0.05) is 31.2 Å². The van der Waals surface area contributed by atoms with E-state index in [-0.39, 0.29) is 29.2 Å². The van der Waals surface area contributed by atoms with Crippen LogP contribution in [0.2, 0.25) is 0 Å². The van der Waals surface area contributed by atoms with Crippen molar-refractivity contribution in [3.8, 4) is 11.3 Å². The zero-order valence-electron chi connectivity index (χ0n) is 17.8. The Labute approximate surface area is 183 Å². The Kier molecular flexibility index (Phi) is 5.25. The summed E-state index contributed by atoms with van der Waals surface area (Å²) in [4.78, 5) is 22.1. The molecule has 5 rings (SSSR count). The number of alkyl halides is 3. The maximum atomic E-state index is 13.8. The first-order valence-electron chi connectivity index (χ1n) is 10.8. The van der Waals surface area contributed by atoms with Gasteiger partial charge < -0.3 is 0 Å². The smallest absolute Gasteiger partial charge is 0.298 e. The highest BCUT2D eigenvalue weighted by Crippen LogP contribution is 2.33. The van der Waals surface area contributed by atoms with Gasteiger partial charge in [-0.2, -0.15) is 18.3 Å². The van der Waals surface area contributed by atoms with Gasteiger partial charge in [0.1, 0.15) is 0 Å². The van der Waals surface area contributed by atoms with Gasteiger partial charge in [-0.3, -0.25) is 14.6 Å². The number of piperazine rings is 1. The number of hydrogen-bond acceptors (Lipinski definition) is 5. The molecule has 1 unspecified atom stereocenters. The quantitative estimate of drug-likeness (QED) is 0.576. The minimum absolute atomic E-state index is 0.0556. The molecule has 2 aliphatic heterocycles. The second kappa shape index (κ2) is 7.97. The van der Waals surface area contributed by atoms with Crippen LogP contribution in [0.15, 0.2) is 36.5 Å². The number of fused-ring (bicyclic) bond motifs is 2. The molecule has 2 fully saturated rings. The number of ketones is 1. The molecule has 4 heterocycles. The molecule has 0 radical (unpaired) electrons. The number of benzene rings is 1. The van der Waals surface area contributed by atoms with Gasteiger partial charge in [-0.1, -0.05) is 29.8 Å². The van der Waals surface area contributed by atoms with Gasteiger partial charge >= 0.3 is 6.18 Å². The first-order chi connectivity index (χ1) is 15.3. The maximum absolute atomic E-state index is 13.8. The summed E-state index contributed by atoms with van der Waals surface area (Å²) in [6.07, 6.45) is -1.12. The first kappa shape index (κ1) is 21.1. The van der Waals surface area contributed by atoms with E-state index >= 15 is 0 Å². The van der Waals surface area contributed by atoms with Crippen LogP contribution < -0.4 is 0 Å². The highest BCUT2D eigenvalue weighted by Gasteiger charge is 2.36. The number of aromatic nitrogens is 3. The van der Waals surface area contributed by atoms with E-state index in [1.165, 1.54) is 12.6 Å². The summed E-state index contributed by atoms with van der Waals surface area (Å²) in [5, 5.41) is 3.89. The second-order valence-corrected chi connectivity index (χ2v) is 8.67. The van der Waals surface area contributed by atoms with Gasteiger partial charge in [0.25, 0.3) is 0 Å². The predicted molar refractivity (Wildman–Crippen MR) is 114 cm³/mol. The average molecular weight is 443 g/mol. The highest BCUT2D eigenvalue weighted by atomic mass is 19.4. The number of aryl methyl sites for hydroxylation is 1. The largest absolute Gasteiger partial charge is 0.433 e. The van der Waals surface area contributed by atoms with Crippen molar-refractivity contribution < 1.29 is 18.0 Å². The molecule has 6 nitrogen and oxygen atoms in total. The van der Waals surface area contributed by atoms with E-state index in [4.69, 9.17) is 0 Å². The lowest BCUT2D eigenvalue weighted by atomic mass is 10.1. The third-order valence-electron chi connectivity index (χ3n) is 6.45. The Morgan fingerprint density at radius 2 is 1.94 bits per heavy atom. The van der Waals surface area contributed by atoms with Gasteiger partial charge in [0.15, 0.2) is 17.1 Å². The van der Waals surface area contributed by atoms with E-state index in [1.807, 2.05) is 19.1 Å². The lowest BCUT2D eigenvalue weighted by Gasteiger charge is -2.37. The van der Waals surface area contributed by atoms with E-state index in [0.29, 0.717) is 11.6 Å². The molecule has 1 aromatic carbocycles. The fraction of sp³-hybridized carbons (Fsp3) is 0.435. The minimum Gasteiger partial charge on any atom is -0.298 e. The third kappa shape index (κ3) is 3.91. The summed E-state index contributed by atoms with van der Waals surface area (Å²) in [6, 6.07) is 8.54. The molecule has 168 valence electrons. The molecule has 9 heteroatoms. The number of carbonyl (C=O) groups is 1. The van der Waals surface area contributed by atoms with Crippen LogP contribution in [0.5, 0.6) is 0 Å². The van der Waals surface area contributed by atoms with Crippen molar-refractivity contribution in [2.24, 2.45) is 0 Å². The fourth-order valence-corrected chi connectivity index (χ4v) is 4.72. The molecular formula is C23H24F3N5O. The van der Waals surface area contributed by atoms with Crippen LogP contribution in [-0.4, -0.2) is 68.9 Å². The highest BCUT2D eigenvalue weighted by molar-refractivity contribution is 6.02. The Bertz CT molecular complexity index is 1150. The van der Waals surface area contributed by atoms with Crippen LogP contribution in [0.4, 0.5) is 13.2 Å². The Balaban J connectivity index is 1.50. The van der Waals surface area contributed by atoms with Crippen molar-refractivity contribution in [2.45, 2.75) is 32.0 Å². The third-order valence-corrected chi connectivity index (χ3v) is 6.45. The summed E-state index contributed by atoms with van der Waals surface area (Å²) in [6.45, 7) is 5.66. The number of rotatable bonds is 4. The number of halogens is 3. The van der Waals surface area contributed by atoms with Crippen LogP contribution in [-0.2, 0) is 6.18 Å². The number of nitrogens with zero attached hydrogens (tertiary/aromatic N) is 5. The molecule has 0 saturated carbocycles. The molecule has 3 aromatic rings. The summed E-state index contributed by atoms with van der Waals surface area (Å²) < 4.78 is 42.1. The zero-order chi connectivity index (χ0) is 22.5. The second-order valence-electron chi connectivity index (χ2n) is 8.67. The van der Waals surface area contributed by atoms with Crippen molar-refractivity contribution in [2.75, 3.05) is 32.7 Å². The average Bonchev–Trinajstić information content (AvgIpc) is 3.39. The normalized spacial score (nSPS) is 20.1. The molecule has 2 aromatic heterocycles. The monoisotopic (exact) mass is 443 g/mol. The lowest BCUT2D eigenvalue weighted by molar-refractivity contribution is -0.142. The van der Waals surface area contributed by atoms with Crippen molar-refractivity contribution in [3.63, 3.8) is 0 Å². The van der Waals surface area contributed by atoms with Crippen molar-refractivity contribution in [1.82, 2.24) is 24.4 Å². The van der Waals surface area contributed by atoms with Gasteiger partial charge in [-0.25, -0.2) is 9.50 Å². The molecule has 2 aliphatic rings. The molecule has 0 bridgehead atoms. The summed E-state index contributed by atoms with van der Waals surface area (Å²) in [7, 11) is 0. The van der Waals surface area contributed by atoms with E-state index in [0.717, 1.165) is 48.7 Å². The molecule has 1 atom stereocenters. The first-order valence-corrected chi connectivity index (χ1v) is 10.8. The van der Waals surface area contributed by atoms with Crippen molar-refractivity contribution in [3.05, 3.63) is 53.3 Å². The van der Waals surface area contributed by atoms with Crippen LogP contribution >= 0.6 is 0 Å². The van der Waals surface area contributed by atoms with Crippen LogP contribution in [0.1, 0.15) is 34.5 Å². The predicted octanol–water partition coefficient (Wildman–Crippen LogP) is 3.69. The standard InChI is InChI=1S/C23H24F3N5O/c1-15-4-6-16(7-5-15)19-11-21(23(24,25)26)31-22(28-19)18(12-27-31)20(32)14-29-9-10-30-8-2-3-17(30)13-29/h4-7,11-12,17H,2-3,8-10,13-14H2,1H3. The van der Waals surface area contributed by atoms with Gasteiger partial charge in [0.05, 0.1) is 24.0 Å².